The van der Waals surface area contributed by atoms with Crippen molar-refractivity contribution in [2.75, 3.05) is 23.6 Å². The van der Waals surface area contributed by atoms with Gasteiger partial charge in [0.2, 0.25) is 6.79 Å². The van der Waals surface area contributed by atoms with Crippen LogP contribution in [0.3, 0.4) is 0 Å². The molecule has 1 fully saturated rings. The number of nitrogens with one attached hydrogen (secondary N) is 1. The van der Waals surface area contributed by atoms with E-state index in [4.69, 9.17) is 14.2 Å². The third kappa shape index (κ3) is 3.61. The Morgan fingerprint density at radius 3 is 2.75 bits per heavy atom. The summed E-state index contributed by atoms with van der Waals surface area (Å²) >= 11 is 0. The number of carbonyl (C=O) groups excluding carboxylic acids is 2. The number of rotatable bonds is 4. The number of fused-ring (bicyclic) bond motifs is 1. The number of anilines is 1. The number of hydrogen-bond donors (Lipinski definition) is 1. The second-order valence-corrected chi connectivity index (χ2v) is 7.97. The van der Waals surface area contributed by atoms with Crippen molar-refractivity contribution < 1.29 is 32.2 Å². The minimum absolute atomic E-state index is 0.0233. The van der Waals surface area contributed by atoms with E-state index in [-0.39, 0.29) is 24.7 Å². The van der Waals surface area contributed by atoms with Gasteiger partial charge in [-0.2, -0.15) is 0 Å². The Labute approximate surface area is 139 Å². The number of esters is 1. The van der Waals surface area contributed by atoms with Gasteiger partial charge in [-0.25, -0.2) is 8.42 Å². The Balaban J connectivity index is 1.56. The van der Waals surface area contributed by atoms with Crippen LogP contribution in [0.5, 0.6) is 11.5 Å². The molecular weight excluding hydrogens is 338 g/mol. The molecule has 0 aromatic heterocycles. The van der Waals surface area contributed by atoms with Crippen molar-refractivity contribution in [2.24, 2.45) is 5.92 Å². The average Bonchev–Trinajstić information content (AvgIpc) is 3.12. The van der Waals surface area contributed by atoms with E-state index in [9.17, 15) is 18.0 Å². The van der Waals surface area contributed by atoms with Crippen molar-refractivity contribution in [1.82, 2.24) is 0 Å². The van der Waals surface area contributed by atoms with Crippen molar-refractivity contribution in [1.29, 1.82) is 0 Å². The van der Waals surface area contributed by atoms with Gasteiger partial charge in [0.25, 0.3) is 5.91 Å². The minimum Gasteiger partial charge on any atom is -0.454 e. The van der Waals surface area contributed by atoms with Gasteiger partial charge in [-0.3, -0.25) is 9.59 Å². The maximum Gasteiger partial charge on any atom is 0.310 e. The second-order valence-electron chi connectivity index (χ2n) is 5.74. The first-order valence-electron chi connectivity index (χ1n) is 7.45. The zero-order valence-corrected chi connectivity index (χ0v) is 13.8. The topological polar surface area (TPSA) is 108 Å². The van der Waals surface area contributed by atoms with E-state index in [2.05, 4.69) is 5.32 Å². The van der Waals surface area contributed by atoms with Crippen LogP contribution in [0, 0.1) is 5.92 Å². The van der Waals surface area contributed by atoms with Crippen LogP contribution in [-0.4, -0.2) is 44.7 Å². The third-order valence-electron chi connectivity index (χ3n) is 3.87. The van der Waals surface area contributed by atoms with Crippen LogP contribution in [0.15, 0.2) is 18.2 Å². The van der Waals surface area contributed by atoms with Crippen molar-refractivity contribution >= 4 is 27.4 Å². The molecule has 2 aliphatic rings. The maximum atomic E-state index is 12.1. The molecule has 0 spiro atoms. The van der Waals surface area contributed by atoms with Gasteiger partial charge in [0.05, 0.1) is 17.4 Å². The maximum absolute atomic E-state index is 12.1. The molecule has 8 nitrogen and oxygen atoms in total. The van der Waals surface area contributed by atoms with Gasteiger partial charge in [0, 0.05) is 11.8 Å². The highest BCUT2D eigenvalue weighted by molar-refractivity contribution is 7.91. The highest BCUT2D eigenvalue weighted by Crippen LogP contribution is 2.34. The molecule has 0 unspecified atom stereocenters. The first-order valence-corrected chi connectivity index (χ1v) is 9.27. The summed E-state index contributed by atoms with van der Waals surface area (Å²) in [5.41, 5.74) is 0.482. The summed E-state index contributed by atoms with van der Waals surface area (Å²) in [4.78, 5) is 24.1. The van der Waals surface area contributed by atoms with Gasteiger partial charge in [0.1, 0.15) is 0 Å². The van der Waals surface area contributed by atoms with Crippen LogP contribution in [0.4, 0.5) is 5.69 Å². The number of carbonyl (C=O) groups is 2. The molecule has 2 heterocycles. The van der Waals surface area contributed by atoms with E-state index >= 15 is 0 Å². The highest BCUT2D eigenvalue weighted by Gasteiger charge is 2.35. The molecule has 24 heavy (non-hydrogen) atoms. The average molecular weight is 355 g/mol. The Morgan fingerprint density at radius 2 is 2.04 bits per heavy atom. The molecule has 1 saturated heterocycles. The molecular formula is C15H17NO7S. The number of benzene rings is 1. The van der Waals surface area contributed by atoms with Crippen LogP contribution in [0.1, 0.15) is 13.3 Å². The number of sulfone groups is 1. The lowest BCUT2D eigenvalue weighted by Crippen LogP contribution is -2.32. The summed E-state index contributed by atoms with van der Waals surface area (Å²) in [5, 5.41) is 2.61. The molecule has 0 bridgehead atoms. The molecule has 130 valence electrons. The number of hydrogen-bond acceptors (Lipinski definition) is 7. The molecule has 2 atom stereocenters. The summed E-state index contributed by atoms with van der Waals surface area (Å²) in [6, 6.07) is 4.92. The third-order valence-corrected chi connectivity index (χ3v) is 5.64. The van der Waals surface area contributed by atoms with Crippen LogP contribution < -0.4 is 14.8 Å². The molecule has 0 saturated carbocycles. The molecule has 1 aromatic carbocycles. The lowest BCUT2D eigenvalue weighted by molar-refractivity contribution is -0.156. The predicted molar refractivity (Wildman–Crippen MR) is 83.5 cm³/mol. The zero-order valence-electron chi connectivity index (χ0n) is 13.0. The molecule has 1 amide bonds. The van der Waals surface area contributed by atoms with E-state index in [0.29, 0.717) is 17.2 Å². The van der Waals surface area contributed by atoms with Gasteiger partial charge in [-0.1, -0.05) is 0 Å². The van der Waals surface area contributed by atoms with Gasteiger partial charge < -0.3 is 19.5 Å². The van der Waals surface area contributed by atoms with Crippen LogP contribution >= 0.6 is 0 Å². The Morgan fingerprint density at radius 1 is 1.29 bits per heavy atom. The highest BCUT2D eigenvalue weighted by atomic mass is 32.2. The lowest BCUT2D eigenvalue weighted by atomic mass is 10.1. The van der Waals surface area contributed by atoms with E-state index in [1.165, 1.54) is 6.92 Å². The van der Waals surface area contributed by atoms with Gasteiger partial charge in [-0.15, -0.1) is 0 Å². The van der Waals surface area contributed by atoms with Crippen LogP contribution in [0.25, 0.3) is 0 Å². The van der Waals surface area contributed by atoms with Crippen molar-refractivity contribution in [3.8, 4) is 11.5 Å². The fourth-order valence-electron chi connectivity index (χ4n) is 2.52. The van der Waals surface area contributed by atoms with E-state index < -0.39 is 33.7 Å². The first kappa shape index (κ1) is 16.6. The van der Waals surface area contributed by atoms with Gasteiger partial charge >= 0.3 is 5.97 Å². The van der Waals surface area contributed by atoms with Crippen molar-refractivity contribution in [3.63, 3.8) is 0 Å². The molecule has 0 aliphatic carbocycles. The molecule has 2 aliphatic heterocycles. The largest absolute Gasteiger partial charge is 0.454 e. The molecule has 3 rings (SSSR count). The van der Waals surface area contributed by atoms with Crippen molar-refractivity contribution in [2.45, 2.75) is 19.4 Å². The Kier molecular flexibility index (Phi) is 4.35. The standard InChI is InChI=1S/C15H17NO7S/c1-9(23-15(18)10-4-5-24(19,20)7-10)14(17)16-11-2-3-12-13(6-11)22-8-21-12/h2-3,6,9-10H,4-5,7-8H2,1H3,(H,16,17)/t9-,10+/m1/s1. The molecule has 0 radical (unpaired) electrons. The van der Waals surface area contributed by atoms with Crippen molar-refractivity contribution in [3.05, 3.63) is 18.2 Å². The SMILES string of the molecule is C[C@@H](OC(=O)[C@H]1CCS(=O)(=O)C1)C(=O)Nc1ccc2c(c1)OCO2. The first-order chi connectivity index (χ1) is 11.3. The smallest absolute Gasteiger partial charge is 0.310 e. The normalized spacial score (nSPS) is 22.0. The minimum atomic E-state index is -3.18. The summed E-state index contributed by atoms with van der Waals surface area (Å²) in [7, 11) is -3.18. The van der Waals surface area contributed by atoms with E-state index in [1.54, 1.807) is 18.2 Å². The molecule has 1 aromatic rings. The number of amides is 1. The summed E-state index contributed by atoms with van der Waals surface area (Å²) in [6.07, 6.45) is -0.802. The number of ether oxygens (including phenoxy) is 3. The Hall–Kier alpha value is -2.29. The molecule has 1 N–H and O–H groups in total. The summed E-state index contributed by atoms with van der Waals surface area (Å²) in [5.74, 6) is -1.00. The van der Waals surface area contributed by atoms with Crippen LogP contribution in [-0.2, 0) is 24.2 Å². The fourth-order valence-corrected chi connectivity index (χ4v) is 4.25. The monoisotopic (exact) mass is 355 g/mol. The van der Waals surface area contributed by atoms with E-state index in [0.717, 1.165) is 0 Å². The predicted octanol–water partition coefficient (Wildman–Crippen LogP) is 0.720. The zero-order chi connectivity index (χ0) is 17.3. The lowest BCUT2D eigenvalue weighted by Gasteiger charge is -2.15. The fraction of sp³-hybridized carbons (Fsp3) is 0.467. The summed E-state index contributed by atoms with van der Waals surface area (Å²) in [6.45, 7) is 1.56. The molecule has 9 heteroatoms. The van der Waals surface area contributed by atoms with Crippen LogP contribution in [0.2, 0.25) is 0 Å². The Bertz CT molecular complexity index is 774. The quantitative estimate of drug-likeness (QED) is 0.793. The van der Waals surface area contributed by atoms with Gasteiger partial charge in [0.15, 0.2) is 27.4 Å². The van der Waals surface area contributed by atoms with E-state index in [1.807, 2.05) is 0 Å². The summed E-state index contributed by atoms with van der Waals surface area (Å²) < 4.78 is 38.3. The second kappa shape index (κ2) is 6.31. The van der Waals surface area contributed by atoms with Gasteiger partial charge in [-0.05, 0) is 25.5 Å².